The van der Waals surface area contributed by atoms with Crippen molar-refractivity contribution in [3.8, 4) is 0 Å². The van der Waals surface area contributed by atoms with Crippen molar-refractivity contribution < 1.29 is 0 Å². The molecule has 0 unspecified atom stereocenters. The summed E-state index contributed by atoms with van der Waals surface area (Å²) in [7, 11) is 0. The van der Waals surface area contributed by atoms with E-state index in [9.17, 15) is 0 Å². The predicted octanol–water partition coefficient (Wildman–Crippen LogP) is 3.54. The SMILES string of the molecule is Nc1ccc(Cl)c(CN(Cc2ccsc2)C2CC2)n1. The van der Waals surface area contributed by atoms with Gasteiger partial charge in [-0.2, -0.15) is 11.3 Å². The minimum atomic E-state index is 0.533. The molecule has 0 amide bonds. The lowest BCUT2D eigenvalue weighted by Gasteiger charge is -2.21. The summed E-state index contributed by atoms with van der Waals surface area (Å²) in [6.07, 6.45) is 2.54. The van der Waals surface area contributed by atoms with E-state index in [0.29, 0.717) is 16.9 Å². The van der Waals surface area contributed by atoms with Gasteiger partial charge in [0.15, 0.2) is 0 Å². The fourth-order valence-corrected chi connectivity index (χ4v) is 3.00. The van der Waals surface area contributed by atoms with Gasteiger partial charge in [-0.15, -0.1) is 0 Å². The summed E-state index contributed by atoms with van der Waals surface area (Å²) in [4.78, 5) is 6.80. The van der Waals surface area contributed by atoms with Gasteiger partial charge >= 0.3 is 0 Å². The summed E-state index contributed by atoms with van der Waals surface area (Å²) in [6.45, 7) is 1.73. The van der Waals surface area contributed by atoms with E-state index >= 15 is 0 Å². The number of rotatable bonds is 5. The van der Waals surface area contributed by atoms with Crippen molar-refractivity contribution in [2.24, 2.45) is 0 Å². The van der Waals surface area contributed by atoms with Crippen molar-refractivity contribution in [1.82, 2.24) is 9.88 Å². The van der Waals surface area contributed by atoms with Crippen LogP contribution in [0.4, 0.5) is 5.82 Å². The Labute approximate surface area is 122 Å². The number of nitrogens with zero attached hydrogens (tertiary/aromatic N) is 2. The lowest BCUT2D eigenvalue weighted by Crippen LogP contribution is -2.25. The van der Waals surface area contributed by atoms with Crippen LogP contribution in [0.15, 0.2) is 29.0 Å². The molecule has 0 spiro atoms. The van der Waals surface area contributed by atoms with E-state index in [2.05, 4.69) is 26.7 Å². The van der Waals surface area contributed by atoms with Crippen LogP contribution in [-0.4, -0.2) is 15.9 Å². The molecule has 0 atom stereocenters. The molecule has 1 saturated carbocycles. The zero-order chi connectivity index (χ0) is 13.2. The Bertz CT molecular complexity index is 552. The summed E-state index contributed by atoms with van der Waals surface area (Å²) in [5, 5.41) is 5.01. The number of anilines is 1. The molecule has 3 nitrogen and oxygen atoms in total. The molecule has 2 N–H and O–H groups in total. The second-order valence-corrected chi connectivity index (χ2v) is 6.12. The van der Waals surface area contributed by atoms with Crippen molar-refractivity contribution in [1.29, 1.82) is 0 Å². The fourth-order valence-electron chi connectivity index (χ4n) is 2.18. The predicted molar refractivity (Wildman–Crippen MR) is 80.2 cm³/mol. The quantitative estimate of drug-likeness (QED) is 0.917. The lowest BCUT2D eigenvalue weighted by molar-refractivity contribution is 0.243. The Morgan fingerprint density at radius 3 is 2.84 bits per heavy atom. The summed E-state index contributed by atoms with van der Waals surface area (Å²) in [5.74, 6) is 0.533. The number of aromatic nitrogens is 1. The zero-order valence-corrected chi connectivity index (χ0v) is 12.1. The topological polar surface area (TPSA) is 42.1 Å². The number of hydrogen-bond acceptors (Lipinski definition) is 4. The fraction of sp³-hybridized carbons (Fsp3) is 0.357. The van der Waals surface area contributed by atoms with Gasteiger partial charge in [-0.3, -0.25) is 4.90 Å². The van der Waals surface area contributed by atoms with Crippen LogP contribution in [-0.2, 0) is 13.1 Å². The second kappa shape index (κ2) is 5.49. The summed E-state index contributed by atoms with van der Waals surface area (Å²) in [5.41, 5.74) is 7.98. The summed E-state index contributed by atoms with van der Waals surface area (Å²) in [6, 6.07) is 6.41. The van der Waals surface area contributed by atoms with E-state index in [1.807, 2.05) is 6.07 Å². The number of nitrogen functional groups attached to an aromatic ring is 1. The van der Waals surface area contributed by atoms with Crippen LogP contribution in [0.5, 0.6) is 0 Å². The smallest absolute Gasteiger partial charge is 0.123 e. The van der Waals surface area contributed by atoms with Gasteiger partial charge in [0.2, 0.25) is 0 Å². The highest BCUT2D eigenvalue weighted by Gasteiger charge is 2.29. The van der Waals surface area contributed by atoms with E-state index in [4.69, 9.17) is 17.3 Å². The molecule has 1 fully saturated rings. The van der Waals surface area contributed by atoms with Crippen LogP contribution in [0.2, 0.25) is 5.02 Å². The lowest BCUT2D eigenvalue weighted by atomic mass is 10.2. The van der Waals surface area contributed by atoms with Crippen LogP contribution in [0.1, 0.15) is 24.1 Å². The number of nitrogens with two attached hydrogens (primary N) is 1. The molecule has 2 aromatic heterocycles. The van der Waals surface area contributed by atoms with Gasteiger partial charge in [-0.25, -0.2) is 4.98 Å². The van der Waals surface area contributed by atoms with Gasteiger partial charge in [0.05, 0.1) is 10.7 Å². The molecule has 3 rings (SSSR count). The number of pyridine rings is 1. The average Bonchev–Trinajstić information content (AvgIpc) is 3.12. The highest BCUT2D eigenvalue weighted by Crippen LogP contribution is 2.31. The van der Waals surface area contributed by atoms with E-state index in [-0.39, 0.29) is 0 Å². The van der Waals surface area contributed by atoms with Gasteiger partial charge in [0, 0.05) is 19.1 Å². The Hall–Kier alpha value is -1.10. The highest BCUT2D eigenvalue weighted by molar-refractivity contribution is 7.07. The van der Waals surface area contributed by atoms with Gasteiger partial charge in [0.25, 0.3) is 0 Å². The molecule has 0 radical (unpaired) electrons. The molecule has 2 aromatic rings. The number of halogens is 1. The van der Waals surface area contributed by atoms with E-state index < -0.39 is 0 Å². The number of thiophene rings is 1. The molecule has 1 aliphatic carbocycles. The molecule has 0 saturated heterocycles. The van der Waals surface area contributed by atoms with Crippen LogP contribution in [0.3, 0.4) is 0 Å². The zero-order valence-electron chi connectivity index (χ0n) is 10.6. The first kappa shape index (κ1) is 12.9. The molecular weight excluding hydrogens is 278 g/mol. The van der Waals surface area contributed by atoms with E-state index in [1.165, 1.54) is 18.4 Å². The Kier molecular flexibility index (Phi) is 3.73. The molecule has 1 aliphatic rings. The molecule has 2 heterocycles. The first-order chi connectivity index (χ1) is 9.22. The Morgan fingerprint density at radius 1 is 1.32 bits per heavy atom. The monoisotopic (exact) mass is 293 g/mol. The maximum absolute atomic E-state index is 6.20. The van der Waals surface area contributed by atoms with Crippen molar-refractivity contribution in [3.05, 3.63) is 45.2 Å². The molecular formula is C14H16ClN3S. The molecule has 5 heteroatoms. The van der Waals surface area contributed by atoms with Gasteiger partial charge in [0.1, 0.15) is 5.82 Å². The summed E-state index contributed by atoms with van der Waals surface area (Å²) >= 11 is 7.94. The number of hydrogen-bond donors (Lipinski definition) is 1. The third-order valence-electron chi connectivity index (χ3n) is 3.32. The third-order valence-corrected chi connectivity index (χ3v) is 4.40. The standard InChI is InChI=1S/C14H16ClN3S/c15-12-3-4-14(16)17-13(12)8-18(11-1-2-11)7-10-5-6-19-9-10/h3-6,9,11H,1-2,7-8H2,(H2,16,17). The van der Waals surface area contributed by atoms with Crippen LogP contribution in [0, 0.1) is 0 Å². The Morgan fingerprint density at radius 2 is 2.16 bits per heavy atom. The maximum atomic E-state index is 6.20. The molecule has 100 valence electrons. The van der Waals surface area contributed by atoms with Crippen molar-refractivity contribution in [2.75, 3.05) is 5.73 Å². The normalized spacial score (nSPS) is 15.1. The Balaban J connectivity index is 1.76. The van der Waals surface area contributed by atoms with Crippen molar-refractivity contribution in [2.45, 2.75) is 32.0 Å². The van der Waals surface area contributed by atoms with Gasteiger partial charge < -0.3 is 5.73 Å². The first-order valence-electron chi connectivity index (χ1n) is 6.38. The van der Waals surface area contributed by atoms with Crippen LogP contribution in [0.25, 0.3) is 0 Å². The summed E-state index contributed by atoms with van der Waals surface area (Å²) < 4.78 is 0. The highest BCUT2D eigenvalue weighted by atomic mass is 35.5. The van der Waals surface area contributed by atoms with Crippen LogP contribution >= 0.6 is 22.9 Å². The average molecular weight is 294 g/mol. The second-order valence-electron chi connectivity index (χ2n) is 4.93. The largest absolute Gasteiger partial charge is 0.384 e. The molecule has 0 bridgehead atoms. The maximum Gasteiger partial charge on any atom is 0.123 e. The third kappa shape index (κ3) is 3.26. The van der Waals surface area contributed by atoms with E-state index in [0.717, 1.165) is 18.8 Å². The van der Waals surface area contributed by atoms with Gasteiger partial charge in [-0.1, -0.05) is 11.6 Å². The minimum absolute atomic E-state index is 0.533. The van der Waals surface area contributed by atoms with Crippen LogP contribution < -0.4 is 5.73 Å². The molecule has 0 aliphatic heterocycles. The van der Waals surface area contributed by atoms with Crippen molar-refractivity contribution >= 4 is 28.8 Å². The molecule has 19 heavy (non-hydrogen) atoms. The molecule has 0 aromatic carbocycles. The van der Waals surface area contributed by atoms with Gasteiger partial charge in [-0.05, 0) is 47.4 Å². The minimum Gasteiger partial charge on any atom is -0.384 e. The van der Waals surface area contributed by atoms with Crippen molar-refractivity contribution in [3.63, 3.8) is 0 Å². The first-order valence-corrected chi connectivity index (χ1v) is 7.70. The van der Waals surface area contributed by atoms with E-state index in [1.54, 1.807) is 17.4 Å².